The first-order chi connectivity index (χ1) is 12.0. The van der Waals surface area contributed by atoms with Crippen LogP contribution >= 0.6 is 0 Å². The number of carbonyl (C=O) groups excluding carboxylic acids is 2. The Kier molecular flexibility index (Phi) is 5.06. The Morgan fingerprint density at radius 2 is 2.08 bits per heavy atom. The van der Waals surface area contributed by atoms with Crippen LogP contribution in [0.1, 0.15) is 39.4 Å². The van der Waals surface area contributed by atoms with Gasteiger partial charge in [-0.15, -0.1) is 0 Å². The molecule has 1 saturated heterocycles. The molecule has 6 nitrogen and oxygen atoms in total. The molecule has 0 saturated carbocycles. The van der Waals surface area contributed by atoms with Gasteiger partial charge < -0.3 is 14.8 Å². The zero-order valence-corrected chi connectivity index (χ0v) is 15.2. The molecule has 1 aliphatic rings. The summed E-state index contributed by atoms with van der Waals surface area (Å²) in [4.78, 5) is 31.3. The number of hydrogen-bond donors (Lipinski definition) is 1. The lowest BCUT2D eigenvalue weighted by Crippen LogP contribution is -2.47. The number of hydrogen-bond acceptors (Lipinski definition) is 3. The van der Waals surface area contributed by atoms with E-state index in [1.807, 2.05) is 38.1 Å². The zero-order valence-electron chi connectivity index (χ0n) is 15.2. The summed E-state index contributed by atoms with van der Waals surface area (Å²) in [7, 11) is 0. The first kappa shape index (κ1) is 17.5. The number of imidazole rings is 1. The van der Waals surface area contributed by atoms with E-state index in [0.29, 0.717) is 13.1 Å². The van der Waals surface area contributed by atoms with E-state index in [4.69, 9.17) is 0 Å². The Hall–Kier alpha value is -2.37. The second kappa shape index (κ2) is 7.25. The summed E-state index contributed by atoms with van der Waals surface area (Å²) in [5.74, 6) is 0.731. The molecule has 0 spiro atoms. The fraction of sp³-hybridized carbons (Fsp3) is 0.526. The van der Waals surface area contributed by atoms with Crippen molar-refractivity contribution in [3.8, 4) is 0 Å². The van der Waals surface area contributed by atoms with Crippen LogP contribution in [0.5, 0.6) is 0 Å². The molecule has 134 valence electrons. The topological polar surface area (TPSA) is 67.2 Å². The lowest BCUT2D eigenvalue weighted by Gasteiger charge is -2.25. The number of likely N-dealkylation sites (tertiary alicyclic amines) is 1. The maximum atomic E-state index is 12.6. The number of fused-ring (bicyclic) bond motifs is 1. The van der Waals surface area contributed by atoms with Crippen LogP contribution in [0.3, 0.4) is 0 Å². The minimum Gasteiger partial charge on any atom is -0.347 e. The summed E-state index contributed by atoms with van der Waals surface area (Å²) in [5, 5.41) is 2.98. The van der Waals surface area contributed by atoms with Gasteiger partial charge in [-0.1, -0.05) is 26.0 Å². The molecule has 0 bridgehead atoms. The first-order valence-electron chi connectivity index (χ1n) is 9.05. The normalized spacial score (nSPS) is 17.4. The van der Waals surface area contributed by atoms with Gasteiger partial charge in [-0.2, -0.15) is 0 Å². The fourth-order valence-corrected chi connectivity index (χ4v) is 3.53. The summed E-state index contributed by atoms with van der Waals surface area (Å²) >= 11 is 0. The minimum atomic E-state index is -0.352. The van der Waals surface area contributed by atoms with Crippen molar-refractivity contribution < 1.29 is 9.59 Å². The van der Waals surface area contributed by atoms with E-state index in [0.717, 1.165) is 36.2 Å². The molecule has 6 heteroatoms. The van der Waals surface area contributed by atoms with Gasteiger partial charge in [0, 0.05) is 19.0 Å². The maximum absolute atomic E-state index is 12.6. The predicted octanol–water partition coefficient (Wildman–Crippen LogP) is 2.32. The van der Waals surface area contributed by atoms with E-state index >= 15 is 0 Å². The van der Waals surface area contributed by atoms with Crippen LogP contribution in [0, 0.1) is 5.92 Å². The van der Waals surface area contributed by atoms with E-state index in [1.165, 1.54) is 0 Å². The van der Waals surface area contributed by atoms with Crippen LogP contribution < -0.4 is 5.32 Å². The van der Waals surface area contributed by atoms with Gasteiger partial charge in [-0.25, -0.2) is 4.98 Å². The van der Waals surface area contributed by atoms with Gasteiger partial charge in [0.25, 0.3) is 0 Å². The standard InChI is InChI=1S/C19H26N4O2/c1-4-22-15-9-6-5-8-14(15)21-17(22)12-20-18(24)16-10-7-11-23(16)19(25)13(2)3/h5-6,8-9,13,16H,4,7,10-12H2,1-3H3,(H,20,24)/t16-/m1/s1. The summed E-state index contributed by atoms with van der Waals surface area (Å²) in [6.07, 6.45) is 1.61. The van der Waals surface area contributed by atoms with Gasteiger partial charge >= 0.3 is 0 Å². The van der Waals surface area contributed by atoms with E-state index < -0.39 is 0 Å². The minimum absolute atomic E-state index is 0.0541. The van der Waals surface area contributed by atoms with Crippen molar-refractivity contribution in [1.29, 1.82) is 0 Å². The number of para-hydroxylation sites is 2. The van der Waals surface area contributed by atoms with Gasteiger partial charge in [0.1, 0.15) is 11.9 Å². The Morgan fingerprint density at radius 3 is 2.80 bits per heavy atom. The highest BCUT2D eigenvalue weighted by atomic mass is 16.2. The maximum Gasteiger partial charge on any atom is 0.243 e. The number of benzene rings is 1. The Morgan fingerprint density at radius 1 is 1.32 bits per heavy atom. The van der Waals surface area contributed by atoms with E-state index in [1.54, 1.807) is 4.90 Å². The molecular formula is C19H26N4O2. The molecule has 1 fully saturated rings. The van der Waals surface area contributed by atoms with Crippen LogP contribution in [0.2, 0.25) is 0 Å². The highest BCUT2D eigenvalue weighted by molar-refractivity contribution is 5.89. The second-order valence-corrected chi connectivity index (χ2v) is 6.82. The molecule has 2 aromatic rings. The van der Waals surface area contributed by atoms with Gasteiger partial charge in [-0.3, -0.25) is 9.59 Å². The highest BCUT2D eigenvalue weighted by Gasteiger charge is 2.34. The van der Waals surface area contributed by atoms with Crippen LogP contribution in [-0.2, 0) is 22.7 Å². The molecule has 1 atom stereocenters. The Bertz CT molecular complexity index is 781. The summed E-state index contributed by atoms with van der Waals surface area (Å²) in [6, 6.07) is 7.62. The Labute approximate surface area is 148 Å². The molecule has 1 aromatic heterocycles. The molecule has 25 heavy (non-hydrogen) atoms. The average Bonchev–Trinajstić information content (AvgIpc) is 3.22. The van der Waals surface area contributed by atoms with Crippen molar-refractivity contribution in [2.45, 2.75) is 52.7 Å². The number of aryl methyl sites for hydroxylation is 1. The van der Waals surface area contributed by atoms with Crippen LogP contribution in [0.15, 0.2) is 24.3 Å². The third-order valence-electron chi connectivity index (χ3n) is 4.80. The third kappa shape index (κ3) is 3.38. The number of amides is 2. The lowest BCUT2D eigenvalue weighted by atomic mass is 10.1. The van der Waals surface area contributed by atoms with Crippen LogP contribution in [0.25, 0.3) is 11.0 Å². The van der Waals surface area contributed by atoms with Crippen molar-refractivity contribution >= 4 is 22.8 Å². The number of carbonyl (C=O) groups is 2. The number of rotatable bonds is 5. The number of aromatic nitrogens is 2. The molecular weight excluding hydrogens is 316 g/mol. The molecule has 2 amide bonds. The molecule has 2 heterocycles. The molecule has 1 N–H and O–H groups in total. The number of nitrogens with zero attached hydrogens (tertiary/aromatic N) is 3. The van der Waals surface area contributed by atoms with Crippen LogP contribution in [0.4, 0.5) is 0 Å². The monoisotopic (exact) mass is 342 g/mol. The first-order valence-corrected chi connectivity index (χ1v) is 9.05. The third-order valence-corrected chi connectivity index (χ3v) is 4.80. The SMILES string of the molecule is CCn1c(CNC(=O)[C@H]2CCCN2C(=O)C(C)C)nc2ccccc21. The zero-order chi connectivity index (χ0) is 18.0. The van der Waals surface area contributed by atoms with Gasteiger partial charge in [0.2, 0.25) is 11.8 Å². The molecule has 3 rings (SSSR count). The largest absolute Gasteiger partial charge is 0.347 e. The smallest absolute Gasteiger partial charge is 0.243 e. The van der Waals surface area contributed by atoms with Crippen molar-refractivity contribution in [3.05, 3.63) is 30.1 Å². The van der Waals surface area contributed by atoms with Crippen molar-refractivity contribution in [1.82, 2.24) is 19.8 Å². The molecule has 0 aliphatic carbocycles. The van der Waals surface area contributed by atoms with E-state index in [2.05, 4.69) is 21.8 Å². The van der Waals surface area contributed by atoms with Crippen molar-refractivity contribution in [2.75, 3.05) is 6.54 Å². The van der Waals surface area contributed by atoms with Crippen LogP contribution in [-0.4, -0.2) is 38.9 Å². The van der Waals surface area contributed by atoms with Gasteiger partial charge in [0.15, 0.2) is 0 Å². The second-order valence-electron chi connectivity index (χ2n) is 6.82. The average molecular weight is 342 g/mol. The van der Waals surface area contributed by atoms with Gasteiger partial charge in [0.05, 0.1) is 17.6 Å². The molecule has 0 unspecified atom stereocenters. The molecule has 0 radical (unpaired) electrons. The molecule has 1 aliphatic heterocycles. The summed E-state index contributed by atoms with van der Waals surface area (Å²) in [5.41, 5.74) is 2.01. The predicted molar refractivity (Wildman–Crippen MR) is 96.8 cm³/mol. The fourth-order valence-electron chi connectivity index (χ4n) is 3.53. The Balaban J connectivity index is 1.71. The van der Waals surface area contributed by atoms with Gasteiger partial charge in [-0.05, 0) is 31.9 Å². The quantitative estimate of drug-likeness (QED) is 0.907. The van der Waals surface area contributed by atoms with Crippen molar-refractivity contribution in [2.24, 2.45) is 5.92 Å². The summed E-state index contributed by atoms with van der Waals surface area (Å²) < 4.78 is 2.11. The number of nitrogens with one attached hydrogen (secondary N) is 1. The highest BCUT2D eigenvalue weighted by Crippen LogP contribution is 2.20. The summed E-state index contributed by atoms with van der Waals surface area (Å²) in [6.45, 7) is 7.66. The van der Waals surface area contributed by atoms with E-state index in [-0.39, 0.29) is 23.8 Å². The van der Waals surface area contributed by atoms with E-state index in [9.17, 15) is 9.59 Å². The van der Waals surface area contributed by atoms with Crippen molar-refractivity contribution in [3.63, 3.8) is 0 Å². The molecule has 1 aromatic carbocycles. The lowest BCUT2D eigenvalue weighted by molar-refractivity contribution is -0.140.